The lowest BCUT2D eigenvalue weighted by Crippen LogP contribution is -2.38. The van der Waals surface area contributed by atoms with Crippen LogP contribution in [0.15, 0.2) is 73.4 Å². The van der Waals surface area contributed by atoms with E-state index in [1.807, 2.05) is 46.1 Å². The highest BCUT2D eigenvalue weighted by molar-refractivity contribution is 5.94. The summed E-state index contributed by atoms with van der Waals surface area (Å²) in [4.78, 5) is 19.0. The lowest BCUT2D eigenvalue weighted by atomic mass is 9.88. The van der Waals surface area contributed by atoms with Crippen molar-refractivity contribution >= 4 is 5.91 Å². The first-order chi connectivity index (χ1) is 15.2. The minimum Gasteiger partial charge on any atom is -0.339 e. The van der Waals surface area contributed by atoms with Crippen molar-refractivity contribution < 1.29 is 4.79 Å². The molecule has 1 fully saturated rings. The Kier molecular flexibility index (Phi) is 5.12. The first kappa shape index (κ1) is 19.3. The quantitative estimate of drug-likeness (QED) is 0.534. The van der Waals surface area contributed by atoms with Crippen LogP contribution >= 0.6 is 0 Å². The minimum atomic E-state index is 0.0966. The van der Waals surface area contributed by atoms with Crippen LogP contribution in [0.1, 0.15) is 40.4 Å². The monoisotopic (exact) mass is 411 g/mol. The third kappa shape index (κ3) is 3.77. The molecule has 0 saturated carbocycles. The van der Waals surface area contributed by atoms with Crippen molar-refractivity contribution in [1.29, 1.82) is 0 Å². The van der Waals surface area contributed by atoms with Gasteiger partial charge in [-0.2, -0.15) is 5.10 Å². The van der Waals surface area contributed by atoms with Crippen molar-refractivity contribution in [3.63, 3.8) is 0 Å². The van der Waals surface area contributed by atoms with Gasteiger partial charge < -0.3 is 9.47 Å². The number of aryl methyl sites for hydroxylation is 1. The number of carbonyl (C=O) groups excluding carboxylic acids is 1. The molecule has 2 aromatic heterocycles. The normalized spacial score (nSPS) is 14.7. The van der Waals surface area contributed by atoms with E-state index in [9.17, 15) is 4.79 Å². The smallest absolute Gasteiger partial charge is 0.253 e. The average molecular weight is 412 g/mol. The van der Waals surface area contributed by atoms with E-state index in [-0.39, 0.29) is 5.91 Å². The summed E-state index contributed by atoms with van der Waals surface area (Å²) in [6.45, 7) is 3.63. The molecule has 156 valence electrons. The lowest BCUT2D eigenvalue weighted by Gasteiger charge is -2.32. The fraction of sp³-hybridized carbons (Fsp3) is 0.240. The fourth-order valence-corrected chi connectivity index (χ4v) is 4.44. The van der Waals surface area contributed by atoms with Gasteiger partial charge in [0.15, 0.2) is 0 Å². The Labute approximate surface area is 181 Å². The number of nitrogens with one attached hydrogen (secondary N) is 1. The zero-order valence-electron chi connectivity index (χ0n) is 17.5. The summed E-state index contributed by atoms with van der Waals surface area (Å²) >= 11 is 0. The molecule has 31 heavy (non-hydrogen) atoms. The van der Waals surface area contributed by atoms with Crippen LogP contribution in [0.25, 0.3) is 16.8 Å². The first-order valence-corrected chi connectivity index (χ1v) is 10.7. The van der Waals surface area contributed by atoms with Crippen LogP contribution in [0.3, 0.4) is 0 Å². The minimum absolute atomic E-state index is 0.0966. The number of imidazole rings is 1. The van der Waals surface area contributed by atoms with Gasteiger partial charge in [0.2, 0.25) is 0 Å². The maximum Gasteiger partial charge on any atom is 0.253 e. The summed E-state index contributed by atoms with van der Waals surface area (Å²) in [6.07, 6.45) is 9.18. The third-order valence-electron chi connectivity index (χ3n) is 6.21. The molecule has 6 nitrogen and oxygen atoms in total. The predicted octanol–water partition coefficient (Wildman–Crippen LogP) is 4.59. The molecular weight excluding hydrogens is 386 g/mol. The zero-order chi connectivity index (χ0) is 21.2. The summed E-state index contributed by atoms with van der Waals surface area (Å²) in [7, 11) is 0. The van der Waals surface area contributed by atoms with E-state index in [0.29, 0.717) is 5.92 Å². The number of benzene rings is 2. The number of nitrogens with zero attached hydrogens (tertiary/aromatic N) is 4. The Hall–Kier alpha value is -3.67. The maximum atomic E-state index is 13.0. The van der Waals surface area contributed by atoms with Crippen LogP contribution < -0.4 is 0 Å². The second kappa shape index (κ2) is 8.22. The fourth-order valence-electron chi connectivity index (χ4n) is 4.44. The van der Waals surface area contributed by atoms with Crippen LogP contribution in [-0.4, -0.2) is 43.6 Å². The molecule has 6 heteroatoms. The first-order valence-electron chi connectivity index (χ1n) is 10.7. The molecule has 0 radical (unpaired) electrons. The molecule has 4 aromatic rings. The highest BCUT2D eigenvalue weighted by atomic mass is 16.2. The maximum absolute atomic E-state index is 13.0. The number of aromatic amines is 1. The van der Waals surface area contributed by atoms with Crippen molar-refractivity contribution in [3.8, 4) is 16.8 Å². The van der Waals surface area contributed by atoms with E-state index in [1.54, 1.807) is 12.5 Å². The summed E-state index contributed by atoms with van der Waals surface area (Å²) < 4.78 is 1.93. The van der Waals surface area contributed by atoms with Crippen molar-refractivity contribution in [1.82, 2.24) is 24.6 Å². The predicted molar refractivity (Wildman–Crippen MR) is 120 cm³/mol. The topological polar surface area (TPSA) is 66.8 Å². The SMILES string of the molecule is Cc1ccccc1-c1cn[nH]c1C1CCN(C(=O)c2ccc(-n3ccnc3)cc2)CC1. The van der Waals surface area contributed by atoms with Crippen LogP contribution in [-0.2, 0) is 0 Å². The van der Waals surface area contributed by atoms with Gasteiger partial charge in [0.1, 0.15) is 0 Å². The largest absolute Gasteiger partial charge is 0.339 e. The molecule has 1 saturated heterocycles. The molecule has 3 heterocycles. The molecule has 0 aliphatic carbocycles. The summed E-state index contributed by atoms with van der Waals surface area (Å²) in [5, 5.41) is 7.57. The lowest BCUT2D eigenvalue weighted by molar-refractivity contribution is 0.0712. The van der Waals surface area contributed by atoms with Crippen molar-refractivity contribution in [2.24, 2.45) is 0 Å². The van der Waals surface area contributed by atoms with Crippen molar-refractivity contribution in [2.75, 3.05) is 13.1 Å². The van der Waals surface area contributed by atoms with Gasteiger partial charge in [-0.15, -0.1) is 0 Å². The third-order valence-corrected chi connectivity index (χ3v) is 6.21. The molecule has 1 amide bonds. The Bertz CT molecular complexity index is 1170. The highest BCUT2D eigenvalue weighted by Gasteiger charge is 2.27. The molecule has 1 aliphatic rings. The Morgan fingerprint density at radius 1 is 1.03 bits per heavy atom. The van der Waals surface area contributed by atoms with E-state index >= 15 is 0 Å². The number of hydrogen-bond acceptors (Lipinski definition) is 3. The number of hydrogen-bond donors (Lipinski definition) is 1. The Morgan fingerprint density at radius 3 is 2.52 bits per heavy atom. The molecule has 2 aromatic carbocycles. The summed E-state index contributed by atoms with van der Waals surface area (Å²) in [6, 6.07) is 16.1. The Balaban J connectivity index is 1.27. The van der Waals surface area contributed by atoms with Gasteiger partial charge in [0.25, 0.3) is 5.91 Å². The van der Waals surface area contributed by atoms with Gasteiger partial charge in [0.05, 0.1) is 12.5 Å². The van der Waals surface area contributed by atoms with Gasteiger partial charge in [0, 0.05) is 53.9 Å². The van der Waals surface area contributed by atoms with Gasteiger partial charge in [-0.1, -0.05) is 24.3 Å². The second-order valence-electron chi connectivity index (χ2n) is 8.10. The molecule has 0 spiro atoms. The number of aromatic nitrogens is 4. The number of carbonyl (C=O) groups is 1. The number of rotatable bonds is 4. The van der Waals surface area contributed by atoms with Crippen LogP contribution in [0.5, 0.6) is 0 Å². The molecule has 0 unspecified atom stereocenters. The number of H-pyrrole nitrogens is 1. The highest BCUT2D eigenvalue weighted by Crippen LogP contribution is 2.35. The molecule has 1 aliphatic heterocycles. The zero-order valence-corrected chi connectivity index (χ0v) is 17.5. The average Bonchev–Trinajstić information content (AvgIpc) is 3.52. The van der Waals surface area contributed by atoms with E-state index < -0.39 is 0 Å². The van der Waals surface area contributed by atoms with Gasteiger partial charge >= 0.3 is 0 Å². The number of piperidine rings is 1. The molecule has 1 N–H and O–H groups in total. The number of likely N-dealkylation sites (tertiary alicyclic amines) is 1. The molecular formula is C25H25N5O. The van der Waals surface area contributed by atoms with Crippen LogP contribution in [0.2, 0.25) is 0 Å². The van der Waals surface area contributed by atoms with Gasteiger partial charge in [-0.3, -0.25) is 9.89 Å². The van der Waals surface area contributed by atoms with Gasteiger partial charge in [-0.05, 0) is 55.2 Å². The molecule has 5 rings (SSSR count). The van der Waals surface area contributed by atoms with E-state index in [0.717, 1.165) is 37.2 Å². The standard InChI is InChI=1S/C25H25N5O/c1-18-4-2-3-5-22(18)23-16-27-28-24(23)19-10-13-29(14-11-19)25(31)20-6-8-21(9-7-20)30-15-12-26-17-30/h2-9,12,15-17,19H,10-11,13-14H2,1H3,(H,27,28). The van der Waals surface area contributed by atoms with Crippen LogP contribution in [0, 0.1) is 6.92 Å². The van der Waals surface area contributed by atoms with Crippen LogP contribution in [0.4, 0.5) is 0 Å². The van der Waals surface area contributed by atoms with E-state index in [2.05, 4.69) is 46.4 Å². The van der Waals surface area contributed by atoms with Crippen molar-refractivity contribution in [2.45, 2.75) is 25.7 Å². The second-order valence-corrected chi connectivity index (χ2v) is 8.10. The summed E-state index contributed by atoms with van der Waals surface area (Å²) in [5.41, 5.74) is 6.56. The summed E-state index contributed by atoms with van der Waals surface area (Å²) in [5.74, 6) is 0.476. The van der Waals surface area contributed by atoms with E-state index in [1.165, 1.54) is 22.4 Å². The Morgan fingerprint density at radius 2 is 1.81 bits per heavy atom. The number of amides is 1. The van der Waals surface area contributed by atoms with E-state index in [4.69, 9.17) is 0 Å². The van der Waals surface area contributed by atoms with Crippen molar-refractivity contribution in [3.05, 3.63) is 90.3 Å². The van der Waals surface area contributed by atoms with Gasteiger partial charge in [-0.25, -0.2) is 4.98 Å². The molecule has 0 bridgehead atoms. The molecule has 0 atom stereocenters.